The topological polar surface area (TPSA) is 30.7 Å². The maximum Gasteiger partial charge on any atom is 0.160 e. The summed E-state index contributed by atoms with van der Waals surface area (Å²) >= 11 is 0. The molecule has 2 heterocycles. The van der Waals surface area contributed by atoms with Crippen molar-refractivity contribution in [3.63, 3.8) is 0 Å². The van der Waals surface area contributed by atoms with Crippen LogP contribution >= 0.6 is 0 Å². The number of nitrogens with zero attached hydrogens (tertiary/aromatic N) is 3. The molecule has 0 aliphatic heterocycles. The highest BCUT2D eigenvalue weighted by atomic mass is 15.0. The molecule has 2 aromatic heterocycles. The van der Waals surface area contributed by atoms with Crippen LogP contribution in [0.15, 0.2) is 200 Å². The van der Waals surface area contributed by atoms with Crippen molar-refractivity contribution in [2.24, 2.45) is 0 Å². The van der Waals surface area contributed by atoms with E-state index in [1.165, 1.54) is 60.8 Å². The van der Waals surface area contributed by atoms with E-state index in [2.05, 4.69) is 180 Å². The van der Waals surface area contributed by atoms with E-state index >= 15 is 0 Å². The number of aromatic nitrogens is 3. The molecule has 0 fully saturated rings. The van der Waals surface area contributed by atoms with E-state index in [1.54, 1.807) is 0 Å². The Morgan fingerprint density at radius 3 is 1.62 bits per heavy atom. The minimum Gasteiger partial charge on any atom is -0.309 e. The van der Waals surface area contributed by atoms with Gasteiger partial charge in [0.2, 0.25) is 0 Å². The Kier molecular flexibility index (Phi) is 6.55. The zero-order chi connectivity index (χ0) is 36.8. The molecule has 0 N–H and O–H groups in total. The molecule has 0 saturated heterocycles. The standard InChI is InChI=1S/C53H33N3/c1-3-17-34(18-4-1)45-33-46(55-52(54-45)35-19-5-2-6-20-35)39-24-10-15-29-47(39)56-48-30-16-11-25-40(48)51-49(56)32-31-44-50(51)38-23-9-14-28-43(38)53(44)41-26-12-7-21-36(41)37-22-8-13-27-42(37)53/h1-33H. The molecule has 2 aliphatic rings. The van der Waals surface area contributed by atoms with Gasteiger partial charge in [0, 0.05) is 27.5 Å². The molecule has 3 heteroatoms. The highest BCUT2D eigenvalue weighted by Gasteiger charge is 2.52. The van der Waals surface area contributed by atoms with Crippen molar-refractivity contribution in [3.05, 3.63) is 222 Å². The zero-order valence-corrected chi connectivity index (χ0v) is 30.4. The Labute approximate surface area is 324 Å². The average molecular weight is 712 g/mol. The molecule has 8 aromatic carbocycles. The lowest BCUT2D eigenvalue weighted by Gasteiger charge is -2.30. The lowest BCUT2D eigenvalue weighted by molar-refractivity contribution is 0.794. The Balaban J connectivity index is 1.16. The lowest BCUT2D eigenvalue weighted by atomic mass is 9.70. The van der Waals surface area contributed by atoms with Crippen LogP contribution in [0.2, 0.25) is 0 Å². The molecule has 12 rings (SSSR count). The molecule has 0 saturated carbocycles. The molecular formula is C53H33N3. The van der Waals surface area contributed by atoms with Crippen molar-refractivity contribution >= 4 is 21.8 Å². The predicted octanol–water partition coefficient (Wildman–Crippen LogP) is 12.9. The fourth-order valence-electron chi connectivity index (χ4n) is 9.84. The lowest BCUT2D eigenvalue weighted by Crippen LogP contribution is -2.25. The van der Waals surface area contributed by atoms with Gasteiger partial charge in [0.05, 0.1) is 33.5 Å². The van der Waals surface area contributed by atoms with Crippen LogP contribution in [0.1, 0.15) is 22.3 Å². The van der Waals surface area contributed by atoms with Gasteiger partial charge in [0.25, 0.3) is 0 Å². The Bertz CT molecular complexity index is 3090. The molecular weight excluding hydrogens is 679 g/mol. The quantitative estimate of drug-likeness (QED) is 0.182. The van der Waals surface area contributed by atoms with E-state index in [4.69, 9.17) is 9.97 Å². The Morgan fingerprint density at radius 1 is 0.375 bits per heavy atom. The van der Waals surface area contributed by atoms with E-state index in [0.29, 0.717) is 5.82 Å². The van der Waals surface area contributed by atoms with E-state index < -0.39 is 5.41 Å². The first-order valence-corrected chi connectivity index (χ1v) is 19.3. The molecule has 56 heavy (non-hydrogen) atoms. The normalized spacial score (nSPS) is 13.1. The summed E-state index contributed by atoms with van der Waals surface area (Å²) in [6.07, 6.45) is 0. The second-order valence-electron chi connectivity index (χ2n) is 14.8. The van der Waals surface area contributed by atoms with Crippen molar-refractivity contribution in [1.29, 1.82) is 0 Å². The molecule has 0 atom stereocenters. The van der Waals surface area contributed by atoms with Gasteiger partial charge in [-0.15, -0.1) is 0 Å². The Hall–Kier alpha value is -7.36. The van der Waals surface area contributed by atoms with Crippen LogP contribution in [0.3, 0.4) is 0 Å². The molecule has 2 aliphatic carbocycles. The molecule has 1 spiro atoms. The second-order valence-corrected chi connectivity index (χ2v) is 14.8. The van der Waals surface area contributed by atoms with Gasteiger partial charge < -0.3 is 4.57 Å². The van der Waals surface area contributed by atoms with Gasteiger partial charge in [-0.2, -0.15) is 0 Å². The summed E-state index contributed by atoms with van der Waals surface area (Å²) in [7, 11) is 0. The molecule has 260 valence electrons. The van der Waals surface area contributed by atoms with E-state index in [1.807, 2.05) is 24.3 Å². The van der Waals surface area contributed by atoms with Gasteiger partial charge in [0.1, 0.15) is 0 Å². The summed E-state index contributed by atoms with van der Waals surface area (Å²) < 4.78 is 2.46. The number of hydrogen-bond donors (Lipinski definition) is 0. The maximum absolute atomic E-state index is 5.28. The van der Waals surface area contributed by atoms with Crippen LogP contribution < -0.4 is 0 Å². The maximum atomic E-state index is 5.28. The number of hydrogen-bond acceptors (Lipinski definition) is 2. The van der Waals surface area contributed by atoms with Crippen LogP contribution in [0.5, 0.6) is 0 Å². The first kappa shape index (κ1) is 31.0. The number of benzene rings is 8. The third-order valence-corrected chi connectivity index (χ3v) is 12.0. The summed E-state index contributed by atoms with van der Waals surface area (Å²) in [6.45, 7) is 0. The van der Waals surface area contributed by atoms with E-state index in [0.717, 1.165) is 39.3 Å². The molecule has 10 aromatic rings. The number of para-hydroxylation sites is 2. The SMILES string of the molecule is c1ccc(-c2cc(-c3ccccc3-n3c4ccccc4c4c5c(ccc43)C3(c4ccccc4-c4ccccc43)c3ccccc3-5)nc(-c3ccccc3)n2)cc1. The number of rotatable bonds is 4. The third-order valence-electron chi connectivity index (χ3n) is 12.0. The Morgan fingerprint density at radius 2 is 0.911 bits per heavy atom. The van der Waals surface area contributed by atoms with Crippen molar-refractivity contribution in [2.45, 2.75) is 5.41 Å². The molecule has 0 amide bonds. The van der Waals surface area contributed by atoms with Gasteiger partial charge in [-0.05, 0) is 68.8 Å². The van der Waals surface area contributed by atoms with Gasteiger partial charge >= 0.3 is 0 Å². The first-order valence-electron chi connectivity index (χ1n) is 19.3. The van der Waals surface area contributed by atoms with Crippen LogP contribution in [-0.2, 0) is 5.41 Å². The summed E-state index contributed by atoms with van der Waals surface area (Å²) in [5.41, 5.74) is 18.5. The molecule has 0 bridgehead atoms. The molecule has 0 unspecified atom stereocenters. The molecule has 3 nitrogen and oxygen atoms in total. The first-order chi connectivity index (χ1) is 27.8. The van der Waals surface area contributed by atoms with Gasteiger partial charge in [-0.1, -0.05) is 176 Å². The van der Waals surface area contributed by atoms with E-state index in [-0.39, 0.29) is 0 Å². The highest BCUT2D eigenvalue weighted by Crippen LogP contribution is 2.64. The fourth-order valence-corrected chi connectivity index (χ4v) is 9.84. The van der Waals surface area contributed by atoms with Crippen LogP contribution in [-0.4, -0.2) is 14.5 Å². The highest BCUT2D eigenvalue weighted by molar-refractivity contribution is 6.19. The van der Waals surface area contributed by atoms with Crippen molar-refractivity contribution in [1.82, 2.24) is 14.5 Å². The number of fused-ring (bicyclic) bond motifs is 14. The smallest absolute Gasteiger partial charge is 0.160 e. The third kappa shape index (κ3) is 4.17. The zero-order valence-electron chi connectivity index (χ0n) is 30.4. The largest absolute Gasteiger partial charge is 0.309 e. The van der Waals surface area contributed by atoms with E-state index in [9.17, 15) is 0 Å². The monoisotopic (exact) mass is 711 g/mol. The van der Waals surface area contributed by atoms with Crippen molar-refractivity contribution in [3.8, 4) is 61.8 Å². The minimum atomic E-state index is -0.406. The minimum absolute atomic E-state index is 0.406. The summed E-state index contributed by atoms with van der Waals surface area (Å²) in [5, 5.41) is 2.51. The van der Waals surface area contributed by atoms with Gasteiger partial charge in [0.15, 0.2) is 5.82 Å². The van der Waals surface area contributed by atoms with Gasteiger partial charge in [-0.25, -0.2) is 9.97 Å². The summed E-state index contributed by atoms with van der Waals surface area (Å²) in [5.74, 6) is 0.704. The second kappa shape index (κ2) is 11.8. The summed E-state index contributed by atoms with van der Waals surface area (Å²) in [6, 6.07) is 72.4. The van der Waals surface area contributed by atoms with Crippen molar-refractivity contribution < 1.29 is 0 Å². The van der Waals surface area contributed by atoms with Crippen LogP contribution in [0.25, 0.3) is 83.6 Å². The fraction of sp³-hybridized carbons (Fsp3) is 0.0189. The van der Waals surface area contributed by atoms with Crippen molar-refractivity contribution in [2.75, 3.05) is 0 Å². The average Bonchev–Trinajstić information content (AvgIpc) is 3.89. The van der Waals surface area contributed by atoms with Gasteiger partial charge in [-0.3, -0.25) is 0 Å². The predicted molar refractivity (Wildman–Crippen MR) is 229 cm³/mol. The molecule has 0 radical (unpaired) electrons. The van der Waals surface area contributed by atoms with Crippen LogP contribution in [0, 0.1) is 0 Å². The van der Waals surface area contributed by atoms with Crippen LogP contribution in [0.4, 0.5) is 0 Å². The summed E-state index contributed by atoms with van der Waals surface area (Å²) in [4.78, 5) is 10.4.